The summed E-state index contributed by atoms with van der Waals surface area (Å²) in [6, 6.07) is 1.03. The van der Waals surface area contributed by atoms with Crippen LogP contribution in [0.5, 0.6) is 0 Å². The lowest BCUT2D eigenvalue weighted by Crippen LogP contribution is -2.44. The molecule has 1 aromatic heterocycles. The molecule has 2 fully saturated rings. The molecule has 3 rings (SSSR count). The van der Waals surface area contributed by atoms with E-state index in [0.29, 0.717) is 12.1 Å². The summed E-state index contributed by atoms with van der Waals surface area (Å²) >= 11 is 1.19. The van der Waals surface area contributed by atoms with Gasteiger partial charge in [-0.2, -0.15) is 0 Å². The van der Waals surface area contributed by atoms with E-state index >= 15 is 0 Å². The third kappa shape index (κ3) is 3.03. The van der Waals surface area contributed by atoms with Gasteiger partial charge in [-0.25, -0.2) is 4.98 Å². The van der Waals surface area contributed by atoms with E-state index in [4.69, 9.17) is 0 Å². The molecule has 0 radical (unpaired) electrons. The second-order valence-electron chi connectivity index (χ2n) is 5.27. The lowest BCUT2D eigenvalue weighted by atomic mass is 10.0. The zero-order chi connectivity index (χ0) is 13.2. The molecule has 0 amide bonds. The number of hydrogen-bond donors (Lipinski definition) is 1. The van der Waals surface area contributed by atoms with Gasteiger partial charge in [0.15, 0.2) is 5.13 Å². The molecule has 19 heavy (non-hydrogen) atoms. The Morgan fingerprint density at radius 1 is 1.47 bits per heavy atom. The quantitative estimate of drug-likeness (QED) is 0.662. The van der Waals surface area contributed by atoms with Crippen LogP contribution in [-0.2, 0) is 0 Å². The Kier molecular flexibility index (Phi) is 3.65. The maximum atomic E-state index is 10.8. The Hall–Kier alpha value is -1.21. The molecular formula is C12H18N4O2S. The fourth-order valence-electron chi connectivity index (χ4n) is 2.56. The molecule has 1 saturated heterocycles. The maximum absolute atomic E-state index is 10.8. The number of hydrogen-bond acceptors (Lipinski definition) is 6. The highest BCUT2D eigenvalue weighted by Gasteiger charge is 2.33. The first kappa shape index (κ1) is 12.8. The number of nitrogens with zero attached hydrogens (tertiary/aromatic N) is 3. The van der Waals surface area contributed by atoms with E-state index < -0.39 is 0 Å². The molecule has 1 N–H and O–H groups in total. The van der Waals surface area contributed by atoms with Crippen molar-refractivity contribution in [2.24, 2.45) is 0 Å². The average Bonchev–Trinajstić information content (AvgIpc) is 3.13. The zero-order valence-electron chi connectivity index (χ0n) is 10.7. The maximum Gasteiger partial charge on any atom is 0.345 e. The Morgan fingerprint density at radius 3 is 2.89 bits per heavy atom. The number of rotatable bonds is 5. The first-order chi connectivity index (χ1) is 9.24. The summed E-state index contributed by atoms with van der Waals surface area (Å²) in [5, 5.41) is 15.2. The molecule has 2 heterocycles. The van der Waals surface area contributed by atoms with Crippen LogP contribution in [-0.4, -0.2) is 35.1 Å². The van der Waals surface area contributed by atoms with Crippen molar-refractivity contribution in [3.63, 3.8) is 0 Å². The van der Waals surface area contributed by atoms with Gasteiger partial charge in [0.25, 0.3) is 0 Å². The zero-order valence-corrected chi connectivity index (χ0v) is 11.6. The Labute approximate surface area is 116 Å². The second kappa shape index (κ2) is 5.42. The highest BCUT2D eigenvalue weighted by atomic mass is 32.1. The summed E-state index contributed by atoms with van der Waals surface area (Å²) < 4.78 is 0. The SMILES string of the molecule is O=[N+]([O-])c1cnc(N(CC2CCCCN2)C2CC2)s1. The summed E-state index contributed by atoms with van der Waals surface area (Å²) in [6.45, 7) is 2.01. The molecule has 1 aliphatic carbocycles. The number of thiazole rings is 1. The minimum absolute atomic E-state index is 0.136. The molecule has 0 aromatic carbocycles. The van der Waals surface area contributed by atoms with Crippen molar-refractivity contribution in [1.82, 2.24) is 10.3 Å². The van der Waals surface area contributed by atoms with Gasteiger partial charge < -0.3 is 10.2 Å². The molecule has 6 nitrogen and oxygen atoms in total. The number of aromatic nitrogens is 1. The van der Waals surface area contributed by atoms with Crippen LogP contribution in [0.2, 0.25) is 0 Å². The molecular weight excluding hydrogens is 264 g/mol. The van der Waals surface area contributed by atoms with Gasteiger partial charge in [-0.3, -0.25) is 10.1 Å². The lowest BCUT2D eigenvalue weighted by molar-refractivity contribution is -0.380. The molecule has 1 atom stereocenters. The number of nitro groups is 1. The Bertz CT molecular complexity index is 454. The molecule has 1 unspecified atom stereocenters. The minimum Gasteiger partial charge on any atom is -0.343 e. The van der Waals surface area contributed by atoms with Crippen molar-refractivity contribution >= 4 is 21.5 Å². The first-order valence-corrected chi connectivity index (χ1v) is 7.66. The molecule has 1 aromatic rings. The van der Waals surface area contributed by atoms with Crippen molar-refractivity contribution in [2.45, 2.75) is 44.2 Å². The van der Waals surface area contributed by atoms with Gasteiger partial charge in [0, 0.05) is 18.6 Å². The largest absolute Gasteiger partial charge is 0.345 e. The average molecular weight is 282 g/mol. The fourth-order valence-corrected chi connectivity index (χ4v) is 3.37. The topological polar surface area (TPSA) is 71.3 Å². The first-order valence-electron chi connectivity index (χ1n) is 6.84. The van der Waals surface area contributed by atoms with Crippen molar-refractivity contribution in [3.8, 4) is 0 Å². The third-order valence-corrected chi connectivity index (χ3v) is 4.71. The van der Waals surface area contributed by atoms with Crippen molar-refractivity contribution in [1.29, 1.82) is 0 Å². The van der Waals surface area contributed by atoms with E-state index in [1.807, 2.05) is 0 Å². The fraction of sp³-hybridized carbons (Fsp3) is 0.750. The highest BCUT2D eigenvalue weighted by molar-refractivity contribution is 7.18. The van der Waals surface area contributed by atoms with E-state index in [2.05, 4.69) is 15.2 Å². The smallest absolute Gasteiger partial charge is 0.343 e. The summed E-state index contributed by atoms with van der Waals surface area (Å²) in [5.74, 6) is 0. The lowest BCUT2D eigenvalue weighted by Gasteiger charge is -2.30. The molecule has 0 bridgehead atoms. The van der Waals surface area contributed by atoms with Crippen LogP contribution < -0.4 is 10.2 Å². The molecule has 0 spiro atoms. The standard InChI is InChI=1S/C12H18N4O2S/c17-16(18)11-7-14-12(19-11)15(10-4-5-10)8-9-3-1-2-6-13-9/h7,9-10,13H,1-6,8H2. The van der Waals surface area contributed by atoms with E-state index in [-0.39, 0.29) is 9.92 Å². The van der Waals surface area contributed by atoms with Gasteiger partial charge >= 0.3 is 5.00 Å². The molecule has 1 saturated carbocycles. The van der Waals surface area contributed by atoms with Crippen molar-refractivity contribution in [2.75, 3.05) is 18.0 Å². The van der Waals surface area contributed by atoms with Gasteiger partial charge in [0.1, 0.15) is 6.20 Å². The summed E-state index contributed by atoms with van der Waals surface area (Å²) in [5.41, 5.74) is 0. The predicted octanol–water partition coefficient (Wildman–Crippen LogP) is 2.16. The number of anilines is 1. The van der Waals surface area contributed by atoms with Gasteiger partial charge in [-0.05, 0) is 43.6 Å². The molecule has 7 heteroatoms. The van der Waals surface area contributed by atoms with E-state index in [1.165, 1.54) is 49.6 Å². The summed E-state index contributed by atoms with van der Waals surface area (Å²) in [7, 11) is 0. The van der Waals surface area contributed by atoms with Gasteiger partial charge in [-0.15, -0.1) is 0 Å². The van der Waals surface area contributed by atoms with Crippen LogP contribution in [0, 0.1) is 10.1 Å². The number of nitrogens with one attached hydrogen (secondary N) is 1. The number of piperidine rings is 1. The Morgan fingerprint density at radius 2 is 2.32 bits per heavy atom. The minimum atomic E-state index is -0.356. The molecule has 104 valence electrons. The van der Waals surface area contributed by atoms with Crippen LogP contribution >= 0.6 is 11.3 Å². The van der Waals surface area contributed by atoms with Crippen LogP contribution in [0.3, 0.4) is 0 Å². The highest BCUT2D eigenvalue weighted by Crippen LogP contribution is 2.36. The Balaban J connectivity index is 1.70. The van der Waals surface area contributed by atoms with Gasteiger partial charge in [0.05, 0.1) is 4.92 Å². The van der Waals surface area contributed by atoms with Crippen LogP contribution in [0.1, 0.15) is 32.1 Å². The predicted molar refractivity (Wildman–Crippen MR) is 74.8 cm³/mol. The summed E-state index contributed by atoms with van der Waals surface area (Å²) in [4.78, 5) is 16.9. The molecule has 2 aliphatic rings. The van der Waals surface area contributed by atoms with Gasteiger partial charge in [0.2, 0.25) is 0 Å². The van der Waals surface area contributed by atoms with Crippen LogP contribution in [0.4, 0.5) is 10.1 Å². The van der Waals surface area contributed by atoms with Crippen molar-refractivity contribution < 1.29 is 4.92 Å². The summed E-state index contributed by atoms with van der Waals surface area (Å²) in [6.07, 6.45) is 7.46. The van der Waals surface area contributed by atoms with Gasteiger partial charge in [-0.1, -0.05) is 6.42 Å². The van der Waals surface area contributed by atoms with Crippen molar-refractivity contribution in [3.05, 3.63) is 16.3 Å². The third-order valence-electron chi connectivity index (χ3n) is 3.72. The molecule has 1 aliphatic heterocycles. The normalized spacial score (nSPS) is 23.3. The van der Waals surface area contributed by atoms with Crippen LogP contribution in [0.25, 0.3) is 0 Å². The van der Waals surface area contributed by atoms with E-state index in [9.17, 15) is 10.1 Å². The monoisotopic (exact) mass is 282 g/mol. The van der Waals surface area contributed by atoms with Crippen LogP contribution in [0.15, 0.2) is 6.20 Å². The van der Waals surface area contributed by atoms with E-state index in [0.717, 1.165) is 18.2 Å². The van der Waals surface area contributed by atoms with E-state index in [1.54, 1.807) is 0 Å². The second-order valence-corrected chi connectivity index (χ2v) is 6.26.